The zero-order valence-corrected chi connectivity index (χ0v) is 9.56. The third-order valence-corrected chi connectivity index (χ3v) is 2.32. The lowest BCUT2D eigenvalue weighted by Gasteiger charge is -2.14. The van der Waals surface area contributed by atoms with Crippen molar-refractivity contribution in [2.24, 2.45) is 0 Å². The molecule has 0 aliphatic rings. The van der Waals surface area contributed by atoms with Crippen LogP contribution in [-0.2, 0) is 0 Å². The van der Waals surface area contributed by atoms with Crippen LogP contribution >= 0.6 is 0 Å². The first kappa shape index (κ1) is 10.5. The number of benzene rings is 1. The van der Waals surface area contributed by atoms with Gasteiger partial charge in [-0.1, -0.05) is 12.1 Å². The van der Waals surface area contributed by atoms with Crippen LogP contribution in [-0.4, -0.2) is 29.8 Å². The Morgan fingerprint density at radius 3 is 2.50 bits per heavy atom. The third-order valence-electron chi connectivity index (χ3n) is 2.32. The topological polar surface area (TPSA) is 46.1 Å². The molecule has 0 aliphatic heterocycles. The van der Waals surface area contributed by atoms with Crippen LogP contribution in [0.15, 0.2) is 24.3 Å². The number of carbonyl (C=O) groups is 1. The number of aromatic nitrogens is 2. The summed E-state index contributed by atoms with van der Waals surface area (Å²) in [6, 6.07) is 7.68. The molecule has 82 valence electrons. The molecule has 0 amide bonds. The van der Waals surface area contributed by atoms with Crippen molar-refractivity contribution in [2.75, 3.05) is 19.0 Å². The quantitative estimate of drug-likeness (QED) is 0.718. The molecule has 1 aromatic heterocycles. The first-order chi connectivity index (χ1) is 7.59. The van der Waals surface area contributed by atoms with Crippen molar-refractivity contribution >= 4 is 22.5 Å². The summed E-state index contributed by atoms with van der Waals surface area (Å²) in [7, 11) is 3.80. The minimum atomic E-state index is -0.117. The summed E-state index contributed by atoms with van der Waals surface area (Å²) in [4.78, 5) is 21.7. The number of carbonyl (C=O) groups excluding carboxylic acids is 1. The Kier molecular flexibility index (Phi) is 2.56. The lowest BCUT2D eigenvalue weighted by Crippen LogP contribution is -2.14. The summed E-state index contributed by atoms with van der Waals surface area (Å²) in [5.74, 6) is 0.923. The minimum Gasteiger partial charge on any atom is -0.362 e. The summed E-state index contributed by atoms with van der Waals surface area (Å²) in [6.45, 7) is 1.48. The van der Waals surface area contributed by atoms with Crippen molar-refractivity contribution in [2.45, 2.75) is 6.92 Å². The van der Waals surface area contributed by atoms with Crippen molar-refractivity contribution in [1.82, 2.24) is 9.97 Å². The lowest BCUT2D eigenvalue weighted by molar-refractivity contribution is 0.100. The van der Waals surface area contributed by atoms with E-state index in [1.165, 1.54) is 6.92 Å². The molecule has 4 nitrogen and oxygen atoms in total. The van der Waals surface area contributed by atoms with Crippen LogP contribution < -0.4 is 4.90 Å². The molecule has 0 spiro atoms. The van der Waals surface area contributed by atoms with Crippen LogP contribution in [0.3, 0.4) is 0 Å². The molecule has 1 aromatic carbocycles. The molecule has 0 saturated heterocycles. The monoisotopic (exact) mass is 215 g/mol. The van der Waals surface area contributed by atoms with Gasteiger partial charge < -0.3 is 4.90 Å². The molecule has 0 aliphatic carbocycles. The molecule has 4 heteroatoms. The highest BCUT2D eigenvalue weighted by Crippen LogP contribution is 2.21. The van der Waals surface area contributed by atoms with Crippen LogP contribution in [0, 0.1) is 0 Å². The van der Waals surface area contributed by atoms with E-state index in [2.05, 4.69) is 9.97 Å². The van der Waals surface area contributed by atoms with Gasteiger partial charge in [-0.25, -0.2) is 9.97 Å². The van der Waals surface area contributed by atoms with Crippen LogP contribution in [0.4, 0.5) is 5.82 Å². The Morgan fingerprint density at radius 1 is 1.19 bits per heavy atom. The maximum Gasteiger partial charge on any atom is 0.198 e. The lowest BCUT2D eigenvalue weighted by atomic mass is 10.2. The van der Waals surface area contributed by atoms with Gasteiger partial charge in [0.2, 0.25) is 0 Å². The molecule has 0 fully saturated rings. The molecule has 2 rings (SSSR count). The fourth-order valence-electron chi connectivity index (χ4n) is 1.56. The van der Waals surface area contributed by atoms with Crippen molar-refractivity contribution in [3.05, 3.63) is 30.1 Å². The van der Waals surface area contributed by atoms with Crippen LogP contribution in [0.1, 0.15) is 17.5 Å². The van der Waals surface area contributed by atoms with E-state index in [0.717, 1.165) is 16.7 Å². The van der Waals surface area contributed by atoms with Gasteiger partial charge in [-0.15, -0.1) is 0 Å². The molecule has 1 heterocycles. The number of rotatable bonds is 2. The maximum atomic E-state index is 11.3. The predicted octanol–water partition coefficient (Wildman–Crippen LogP) is 1.90. The zero-order chi connectivity index (χ0) is 11.7. The minimum absolute atomic E-state index is 0.117. The average molecular weight is 215 g/mol. The molecule has 0 bridgehead atoms. The van der Waals surface area contributed by atoms with E-state index in [1.807, 2.05) is 43.3 Å². The van der Waals surface area contributed by atoms with E-state index < -0.39 is 0 Å². The Bertz CT molecular complexity index is 549. The summed E-state index contributed by atoms with van der Waals surface area (Å²) in [6.07, 6.45) is 0. The van der Waals surface area contributed by atoms with Gasteiger partial charge >= 0.3 is 0 Å². The number of Topliss-reactive ketones (excluding diaryl/α,β-unsaturated/α-hetero) is 1. The SMILES string of the molecule is CC(=O)c1nc(N(C)C)c2ccccc2n1. The van der Waals surface area contributed by atoms with Gasteiger partial charge in [-0.2, -0.15) is 0 Å². The Labute approximate surface area is 93.9 Å². The molecular formula is C12H13N3O. The molecule has 0 atom stereocenters. The van der Waals surface area contributed by atoms with Crippen LogP contribution in [0.2, 0.25) is 0 Å². The average Bonchev–Trinajstić information content (AvgIpc) is 2.27. The van der Waals surface area contributed by atoms with Gasteiger partial charge in [-0.05, 0) is 12.1 Å². The molecule has 0 N–H and O–H groups in total. The zero-order valence-electron chi connectivity index (χ0n) is 9.56. The Hall–Kier alpha value is -1.97. The summed E-state index contributed by atoms with van der Waals surface area (Å²) < 4.78 is 0. The second-order valence-corrected chi connectivity index (χ2v) is 3.84. The van der Waals surface area contributed by atoms with Gasteiger partial charge in [0, 0.05) is 26.4 Å². The summed E-state index contributed by atoms with van der Waals surface area (Å²) >= 11 is 0. The number of anilines is 1. The van der Waals surface area contributed by atoms with Crippen molar-refractivity contribution < 1.29 is 4.79 Å². The molecule has 0 unspecified atom stereocenters. The molecular weight excluding hydrogens is 202 g/mol. The largest absolute Gasteiger partial charge is 0.362 e. The van der Waals surface area contributed by atoms with E-state index in [-0.39, 0.29) is 11.6 Å². The van der Waals surface area contributed by atoms with Crippen molar-refractivity contribution in [3.8, 4) is 0 Å². The van der Waals surface area contributed by atoms with Gasteiger partial charge in [-0.3, -0.25) is 4.79 Å². The second-order valence-electron chi connectivity index (χ2n) is 3.84. The summed E-state index contributed by atoms with van der Waals surface area (Å²) in [5.41, 5.74) is 0.798. The molecule has 0 radical (unpaired) electrons. The standard InChI is InChI=1S/C12H13N3O/c1-8(16)11-13-10-7-5-4-6-9(10)12(14-11)15(2)3/h4-7H,1-3H3. The predicted molar refractivity (Wildman–Crippen MR) is 63.9 cm³/mol. The smallest absolute Gasteiger partial charge is 0.198 e. The van der Waals surface area contributed by atoms with E-state index in [9.17, 15) is 4.79 Å². The second kappa shape index (κ2) is 3.89. The van der Waals surface area contributed by atoms with Crippen molar-refractivity contribution in [1.29, 1.82) is 0 Å². The fraction of sp³-hybridized carbons (Fsp3) is 0.250. The summed E-state index contributed by atoms with van der Waals surface area (Å²) in [5, 5.41) is 0.956. The normalized spacial score (nSPS) is 10.4. The first-order valence-electron chi connectivity index (χ1n) is 5.04. The fourth-order valence-corrected chi connectivity index (χ4v) is 1.56. The maximum absolute atomic E-state index is 11.3. The van der Waals surface area contributed by atoms with E-state index in [0.29, 0.717) is 0 Å². The van der Waals surface area contributed by atoms with Crippen LogP contribution in [0.5, 0.6) is 0 Å². The van der Waals surface area contributed by atoms with Crippen LogP contribution in [0.25, 0.3) is 10.9 Å². The Balaban J connectivity index is 2.78. The highest BCUT2D eigenvalue weighted by molar-refractivity contribution is 5.96. The molecule has 0 saturated carbocycles. The van der Waals surface area contributed by atoms with E-state index in [4.69, 9.17) is 0 Å². The van der Waals surface area contributed by atoms with E-state index >= 15 is 0 Å². The van der Waals surface area contributed by atoms with E-state index in [1.54, 1.807) is 0 Å². The number of ketones is 1. The Morgan fingerprint density at radius 2 is 1.88 bits per heavy atom. The highest BCUT2D eigenvalue weighted by atomic mass is 16.1. The van der Waals surface area contributed by atoms with Gasteiger partial charge in [0.25, 0.3) is 0 Å². The number of hydrogen-bond donors (Lipinski definition) is 0. The third kappa shape index (κ3) is 1.74. The van der Waals surface area contributed by atoms with Crippen molar-refractivity contribution in [3.63, 3.8) is 0 Å². The van der Waals surface area contributed by atoms with Gasteiger partial charge in [0.1, 0.15) is 5.82 Å². The number of hydrogen-bond acceptors (Lipinski definition) is 4. The molecule has 16 heavy (non-hydrogen) atoms. The molecule has 2 aromatic rings. The highest BCUT2D eigenvalue weighted by Gasteiger charge is 2.11. The number of nitrogens with zero attached hydrogens (tertiary/aromatic N) is 3. The first-order valence-corrected chi connectivity index (χ1v) is 5.04. The van der Waals surface area contributed by atoms with Gasteiger partial charge in [0.05, 0.1) is 5.52 Å². The number of para-hydroxylation sites is 1. The van der Waals surface area contributed by atoms with Gasteiger partial charge in [0.15, 0.2) is 11.6 Å². The number of fused-ring (bicyclic) bond motifs is 1.